The second kappa shape index (κ2) is 9.51. The van der Waals surface area contributed by atoms with Crippen LogP contribution in [-0.2, 0) is 0 Å². The van der Waals surface area contributed by atoms with Gasteiger partial charge in [-0.2, -0.15) is 0 Å². The second-order valence-corrected chi connectivity index (χ2v) is 4.85. The Labute approximate surface area is 89.9 Å². The highest BCUT2D eigenvalue weighted by atomic mass is 16.3. The Morgan fingerprint density at radius 2 is 1.57 bits per heavy atom. The Balaban J connectivity index is 3.40. The molecule has 0 radical (unpaired) electrons. The SMILES string of the molecule is CCC[C@H](CCO)CCCCC(C)C. The molecule has 0 aromatic rings. The first-order valence-corrected chi connectivity index (χ1v) is 6.31. The number of hydrogen-bond acceptors (Lipinski definition) is 1. The lowest BCUT2D eigenvalue weighted by Crippen LogP contribution is -2.03. The van der Waals surface area contributed by atoms with Crippen molar-refractivity contribution in [2.75, 3.05) is 6.61 Å². The van der Waals surface area contributed by atoms with Crippen LogP contribution < -0.4 is 0 Å². The van der Waals surface area contributed by atoms with E-state index in [1.54, 1.807) is 0 Å². The van der Waals surface area contributed by atoms with E-state index in [4.69, 9.17) is 5.11 Å². The average Bonchev–Trinajstić information content (AvgIpc) is 2.12. The van der Waals surface area contributed by atoms with E-state index in [0.717, 1.165) is 18.3 Å². The number of hydrogen-bond donors (Lipinski definition) is 1. The number of rotatable bonds is 9. The molecule has 0 rings (SSSR count). The first kappa shape index (κ1) is 14.0. The van der Waals surface area contributed by atoms with Crippen LogP contribution in [0.2, 0.25) is 0 Å². The normalized spacial score (nSPS) is 13.5. The molecular formula is C13H28O. The number of unbranched alkanes of at least 4 members (excludes halogenated alkanes) is 1. The summed E-state index contributed by atoms with van der Waals surface area (Å²) in [5, 5.41) is 8.91. The van der Waals surface area contributed by atoms with Gasteiger partial charge in [-0.1, -0.05) is 59.3 Å². The Morgan fingerprint density at radius 3 is 2.07 bits per heavy atom. The van der Waals surface area contributed by atoms with Crippen molar-refractivity contribution in [2.45, 2.75) is 65.7 Å². The maximum absolute atomic E-state index is 8.91. The molecule has 86 valence electrons. The van der Waals surface area contributed by atoms with Crippen molar-refractivity contribution in [1.82, 2.24) is 0 Å². The van der Waals surface area contributed by atoms with Gasteiger partial charge in [0.25, 0.3) is 0 Å². The topological polar surface area (TPSA) is 20.2 Å². The molecule has 0 saturated carbocycles. The van der Waals surface area contributed by atoms with E-state index in [9.17, 15) is 0 Å². The molecule has 0 aromatic heterocycles. The van der Waals surface area contributed by atoms with Gasteiger partial charge in [0, 0.05) is 6.61 Å². The van der Waals surface area contributed by atoms with Crippen LogP contribution in [0.25, 0.3) is 0 Å². The summed E-state index contributed by atoms with van der Waals surface area (Å²) >= 11 is 0. The molecule has 1 nitrogen and oxygen atoms in total. The first-order chi connectivity index (χ1) is 6.70. The molecule has 0 unspecified atom stereocenters. The van der Waals surface area contributed by atoms with Gasteiger partial charge in [0.1, 0.15) is 0 Å². The lowest BCUT2D eigenvalue weighted by Gasteiger charge is -2.14. The largest absolute Gasteiger partial charge is 0.396 e. The van der Waals surface area contributed by atoms with Gasteiger partial charge in [-0.05, 0) is 18.3 Å². The Morgan fingerprint density at radius 1 is 0.929 bits per heavy atom. The summed E-state index contributed by atoms with van der Waals surface area (Å²) in [6.07, 6.45) is 8.96. The van der Waals surface area contributed by atoms with Crippen LogP contribution in [0.4, 0.5) is 0 Å². The molecule has 0 aliphatic heterocycles. The summed E-state index contributed by atoms with van der Waals surface area (Å²) < 4.78 is 0. The molecule has 0 spiro atoms. The van der Waals surface area contributed by atoms with E-state index < -0.39 is 0 Å². The van der Waals surface area contributed by atoms with Crippen molar-refractivity contribution in [2.24, 2.45) is 11.8 Å². The zero-order valence-electron chi connectivity index (χ0n) is 10.3. The van der Waals surface area contributed by atoms with Crippen LogP contribution in [-0.4, -0.2) is 11.7 Å². The summed E-state index contributed by atoms with van der Waals surface area (Å²) in [6.45, 7) is 7.18. The molecule has 0 bridgehead atoms. The van der Waals surface area contributed by atoms with E-state index in [1.165, 1.54) is 38.5 Å². The van der Waals surface area contributed by atoms with E-state index in [-0.39, 0.29) is 0 Å². The van der Waals surface area contributed by atoms with E-state index in [1.807, 2.05) is 0 Å². The second-order valence-electron chi connectivity index (χ2n) is 4.85. The first-order valence-electron chi connectivity index (χ1n) is 6.31. The summed E-state index contributed by atoms with van der Waals surface area (Å²) in [6, 6.07) is 0. The summed E-state index contributed by atoms with van der Waals surface area (Å²) in [5.41, 5.74) is 0. The maximum atomic E-state index is 8.91. The molecule has 14 heavy (non-hydrogen) atoms. The monoisotopic (exact) mass is 200 g/mol. The van der Waals surface area contributed by atoms with Gasteiger partial charge in [0.2, 0.25) is 0 Å². The number of aliphatic hydroxyl groups excluding tert-OH is 1. The van der Waals surface area contributed by atoms with Crippen molar-refractivity contribution in [1.29, 1.82) is 0 Å². The van der Waals surface area contributed by atoms with Gasteiger partial charge in [0.05, 0.1) is 0 Å². The third-order valence-corrected chi connectivity index (χ3v) is 2.88. The minimum atomic E-state index is 0.370. The van der Waals surface area contributed by atoms with Crippen LogP contribution in [0.5, 0.6) is 0 Å². The Bertz CT molecular complexity index is 104. The molecule has 1 N–H and O–H groups in total. The summed E-state index contributed by atoms with van der Waals surface area (Å²) in [5.74, 6) is 1.62. The fraction of sp³-hybridized carbons (Fsp3) is 1.00. The van der Waals surface area contributed by atoms with Gasteiger partial charge in [-0.15, -0.1) is 0 Å². The highest BCUT2D eigenvalue weighted by molar-refractivity contribution is 4.59. The number of aliphatic hydroxyl groups is 1. The van der Waals surface area contributed by atoms with E-state index in [2.05, 4.69) is 20.8 Å². The molecule has 0 heterocycles. The van der Waals surface area contributed by atoms with Crippen LogP contribution >= 0.6 is 0 Å². The summed E-state index contributed by atoms with van der Waals surface area (Å²) in [7, 11) is 0. The highest BCUT2D eigenvalue weighted by Gasteiger charge is 2.06. The zero-order valence-corrected chi connectivity index (χ0v) is 10.3. The fourth-order valence-electron chi connectivity index (χ4n) is 2.01. The molecule has 0 amide bonds. The highest BCUT2D eigenvalue weighted by Crippen LogP contribution is 2.19. The average molecular weight is 200 g/mol. The van der Waals surface area contributed by atoms with E-state index in [0.29, 0.717) is 6.61 Å². The van der Waals surface area contributed by atoms with Gasteiger partial charge >= 0.3 is 0 Å². The van der Waals surface area contributed by atoms with Crippen LogP contribution in [0.15, 0.2) is 0 Å². The smallest absolute Gasteiger partial charge is 0.0433 e. The van der Waals surface area contributed by atoms with Gasteiger partial charge in [-0.3, -0.25) is 0 Å². The molecule has 0 aliphatic carbocycles. The van der Waals surface area contributed by atoms with Gasteiger partial charge < -0.3 is 5.11 Å². The minimum Gasteiger partial charge on any atom is -0.396 e. The van der Waals surface area contributed by atoms with Crippen molar-refractivity contribution in [3.63, 3.8) is 0 Å². The zero-order chi connectivity index (χ0) is 10.8. The predicted molar refractivity (Wildman–Crippen MR) is 63.4 cm³/mol. The lowest BCUT2D eigenvalue weighted by molar-refractivity contribution is 0.243. The molecular weight excluding hydrogens is 172 g/mol. The quantitative estimate of drug-likeness (QED) is 0.558. The summed E-state index contributed by atoms with van der Waals surface area (Å²) in [4.78, 5) is 0. The Hall–Kier alpha value is -0.0400. The van der Waals surface area contributed by atoms with Crippen molar-refractivity contribution < 1.29 is 5.11 Å². The molecule has 0 aliphatic rings. The molecule has 0 saturated heterocycles. The Kier molecular flexibility index (Phi) is 9.49. The molecule has 1 atom stereocenters. The van der Waals surface area contributed by atoms with Gasteiger partial charge in [-0.25, -0.2) is 0 Å². The molecule has 1 heteroatoms. The fourth-order valence-corrected chi connectivity index (χ4v) is 2.01. The molecule has 0 aromatic carbocycles. The van der Waals surface area contributed by atoms with Crippen LogP contribution in [0, 0.1) is 11.8 Å². The lowest BCUT2D eigenvalue weighted by atomic mass is 9.93. The van der Waals surface area contributed by atoms with Crippen LogP contribution in [0.1, 0.15) is 65.7 Å². The van der Waals surface area contributed by atoms with Crippen LogP contribution in [0.3, 0.4) is 0 Å². The van der Waals surface area contributed by atoms with E-state index >= 15 is 0 Å². The predicted octanol–water partition coefficient (Wildman–Crippen LogP) is 4.00. The van der Waals surface area contributed by atoms with Crippen molar-refractivity contribution in [3.8, 4) is 0 Å². The van der Waals surface area contributed by atoms with Gasteiger partial charge in [0.15, 0.2) is 0 Å². The molecule has 0 fully saturated rings. The third kappa shape index (κ3) is 8.55. The van der Waals surface area contributed by atoms with Crippen molar-refractivity contribution >= 4 is 0 Å². The maximum Gasteiger partial charge on any atom is 0.0433 e. The standard InChI is InChI=1S/C13H28O/c1-4-7-13(10-11-14)9-6-5-8-12(2)3/h12-14H,4-11H2,1-3H3/t13-/m0/s1. The van der Waals surface area contributed by atoms with Crippen molar-refractivity contribution in [3.05, 3.63) is 0 Å². The third-order valence-electron chi connectivity index (χ3n) is 2.88. The minimum absolute atomic E-state index is 0.370.